The Labute approximate surface area is 230 Å². The lowest BCUT2D eigenvalue weighted by atomic mass is 9.98. The topological polar surface area (TPSA) is 154 Å². The first-order valence-electron chi connectivity index (χ1n) is 13.0. The maximum Gasteiger partial charge on any atom is 0.524 e. The SMILES string of the molecule is CC(=O)N[C@@H](Cc1ccc(OP(=O)(O)O)cc1)C(=O)N[C@@H](CC(C)C)C(=O)N[C@@H](C)c1ccc(C(C)C)cc1. The third kappa shape index (κ3) is 11.2. The van der Waals surface area contributed by atoms with Crippen LogP contribution in [0, 0.1) is 5.92 Å². The highest BCUT2D eigenvalue weighted by Gasteiger charge is 2.28. The lowest BCUT2D eigenvalue weighted by Crippen LogP contribution is -2.54. The summed E-state index contributed by atoms with van der Waals surface area (Å²) in [6.07, 6.45) is 0.494. The molecule has 39 heavy (non-hydrogen) atoms. The van der Waals surface area contributed by atoms with E-state index < -0.39 is 31.7 Å². The van der Waals surface area contributed by atoms with Crippen molar-refractivity contribution in [1.82, 2.24) is 16.0 Å². The van der Waals surface area contributed by atoms with Crippen LogP contribution in [0.15, 0.2) is 48.5 Å². The lowest BCUT2D eigenvalue weighted by Gasteiger charge is -2.25. The van der Waals surface area contributed by atoms with Crippen molar-refractivity contribution in [2.75, 3.05) is 0 Å². The van der Waals surface area contributed by atoms with Crippen LogP contribution in [0.5, 0.6) is 5.75 Å². The number of phosphoric ester groups is 1. The molecule has 0 saturated heterocycles. The van der Waals surface area contributed by atoms with Crippen LogP contribution in [-0.2, 0) is 25.4 Å². The highest BCUT2D eigenvalue weighted by Crippen LogP contribution is 2.37. The highest BCUT2D eigenvalue weighted by atomic mass is 31.2. The number of hydrogen-bond donors (Lipinski definition) is 5. The van der Waals surface area contributed by atoms with E-state index in [0.717, 1.165) is 5.56 Å². The minimum absolute atomic E-state index is 0.0331. The summed E-state index contributed by atoms with van der Waals surface area (Å²) in [5, 5.41) is 8.42. The highest BCUT2D eigenvalue weighted by molar-refractivity contribution is 7.46. The molecule has 214 valence electrons. The first-order chi connectivity index (χ1) is 18.1. The van der Waals surface area contributed by atoms with Crippen molar-refractivity contribution in [3.05, 3.63) is 65.2 Å². The summed E-state index contributed by atoms with van der Waals surface area (Å²) < 4.78 is 15.6. The van der Waals surface area contributed by atoms with Crippen LogP contribution >= 0.6 is 7.82 Å². The zero-order chi connectivity index (χ0) is 29.3. The number of benzene rings is 2. The van der Waals surface area contributed by atoms with Gasteiger partial charge in [0.15, 0.2) is 0 Å². The molecule has 5 N–H and O–H groups in total. The molecule has 0 unspecified atom stereocenters. The van der Waals surface area contributed by atoms with Gasteiger partial charge in [-0.15, -0.1) is 0 Å². The van der Waals surface area contributed by atoms with Crippen molar-refractivity contribution in [1.29, 1.82) is 0 Å². The molecule has 2 aromatic carbocycles. The predicted octanol–water partition coefficient (Wildman–Crippen LogP) is 3.74. The van der Waals surface area contributed by atoms with Gasteiger partial charge in [0, 0.05) is 13.3 Å². The van der Waals surface area contributed by atoms with Crippen molar-refractivity contribution in [3.63, 3.8) is 0 Å². The second kappa shape index (κ2) is 14.3. The fourth-order valence-corrected chi connectivity index (χ4v) is 4.45. The van der Waals surface area contributed by atoms with Crippen LogP contribution < -0.4 is 20.5 Å². The van der Waals surface area contributed by atoms with E-state index in [9.17, 15) is 18.9 Å². The summed E-state index contributed by atoms with van der Waals surface area (Å²) in [5.41, 5.74) is 2.77. The minimum Gasteiger partial charge on any atom is -0.404 e. The Kier molecular flexibility index (Phi) is 11.7. The normalized spacial score (nSPS) is 13.9. The molecular weight excluding hydrogens is 521 g/mol. The van der Waals surface area contributed by atoms with Crippen LogP contribution in [0.4, 0.5) is 0 Å². The largest absolute Gasteiger partial charge is 0.524 e. The van der Waals surface area contributed by atoms with Crippen LogP contribution in [0.25, 0.3) is 0 Å². The van der Waals surface area contributed by atoms with E-state index in [1.54, 1.807) is 0 Å². The molecule has 3 atom stereocenters. The molecule has 0 bridgehead atoms. The van der Waals surface area contributed by atoms with Gasteiger partial charge < -0.3 is 20.5 Å². The Morgan fingerprint density at radius 2 is 1.33 bits per heavy atom. The van der Waals surface area contributed by atoms with Gasteiger partial charge >= 0.3 is 7.82 Å². The van der Waals surface area contributed by atoms with E-state index in [1.165, 1.54) is 36.8 Å². The van der Waals surface area contributed by atoms with E-state index >= 15 is 0 Å². The molecule has 2 rings (SSSR count). The van der Waals surface area contributed by atoms with E-state index in [4.69, 9.17) is 9.79 Å². The predicted molar refractivity (Wildman–Crippen MR) is 149 cm³/mol. The van der Waals surface area contributed by atoms with Crippen LogP contribution in [-0.4, -0.2) is 39.6 Å². The lowest BCUT2D eigenvalue weighted by molar-refractivity contribution is -0.132. The van der Waals surface area contributed by atoms with Crippen molar-refractivity contribution < 1.29 is 33.3 Å². The number of carbonyl (C=O) groups is 3. The number of phosphoric acid groups is 1. The van der Waals surface area contributed by atoms with Crippen LogP contribution in [0.2, 0.25) is 0 Å². The smallest absolute Gasteiger partial charge is 0.404 e. The number of nitrogens with one attached hydrogen (secondary N) is 3. The molecule has 0 aromatic heterocycles. The first kappa shape index (κ1) is 32.0. The van der Waals surface area contributed by atoms with Gasteiger partial charge in [-0.3, -0.25) is 24.2 Å². The van der Waals surface area contributed by atoms with Gasteiger partial charge in [-0.25, -0.2) is 4.57 Å². The molecule has 0 spiro atoms. The Morgan fingerprint density at radius 3 is 1.82 bits per heavy atom. The van der Waals surface area contributed by atoms with Gasteiger partial charge in [-0.1, -0.05) is 64.1 Å². The summed E-state index contributed by atoms with van der Waals surface area (Å²) in [7, 11) is -4.70. The monoisotopic (exact) mass is 561 g/mol. The Balaban J connectivity index is 2.14. The summed E-state index contributed by atoms with van der Waals surface area (Å²) in [6.45, 7) is 11.3. The number of amides is 3. The molecule has 2 aromatic rings. The summed E-state index contributed by atoms with van der Waals surface area (Å²) in [5.74, 6) is -0.776. The van der Waals surface area contributed by atoms with Crippen LogP contribution in [0.3, 0.4) is 0 Å². The first-order valence-corrected chi connectivity index (χ1v) is 14.5. The van der Waals surface area contributed by atoms with Gasteiger partial charge in [-0.2, -0.15) is 0 Å². The van der Waals surface area contributed by atoms with E-state index in [0.29, 0.717) is 17.9 Å². The molecule has 0 aliphatic heterocycles. The number of hydrogen-bond acceptors (Lipinski definition) is 5. The average molecular weight is 562 g/mol. The Morgan fingerprint density at radius 1 is 0.795 bits per heavy atom. The van der Waals surface area contributed by atoms with Crippen molar-refractivity contribution >= 4 is 25.5 Å². The quantitative estimate of drug-likeness (QED) is 0.234. The zero-order valence-electron chi connectivity index (χ0n) is 23.3. The number of rotatable bonds is 13. The minimum atomic E-state index is -4.70. The van der Waals surface area contributed by atoms with Crippen molar-refractivity contribution in [2.45, 2.75) is 78.4 Å². The molecule has 3 amide bonds. The third-order valence-electron chi connectivity index (χ3n) is 6.08. The second-order valence-corrected chi connectivity index (χ2v) is 11.6. The summed E-state index contributed by atoms with van der Waals surface area (Å²) in [4.78, 5) is 56.3. The molecule has 0 aliphatic carbocycles. The van der Waals surface area contributed by atoms with Gasteiger partial charge in [0.25, 0.3) is 0 Å². The maximum absolute atomic E-state index is 13.3. The van der Waals surface area contributed by atoms with Gasteiger partial charge in [-0.05, 0) is 54.0 Å². The fraction of sp³-hybridized carbons (Fsp3) is 0.464. The molecule has 0 heterocycles. The zero-order valence-corrected chi connectivity index (χ0v) is 24.2. The average Bonchev–Trinajstić information content (AvgIpc) is 2.82. The van der Waals surface area contributed by atoms with Gasteiger partial charge in [0.05, 0.1) is 6.04 Å². The van der Waals surface area contributed by atoms with Crippen LogP contribution in [0.1, 0.15) is 76.6 Å². The molecule has 10 nitrogen and oxygen atoms in total. The Bertz CT molecular complexity index is 1160. The Hall–Kier alpha value is -3.20. The fourth-order valence-electron chi connectivity index (χ4n) is 4.06. The van der Waals surface area contributed by atoms with Gasteiger partial charge in [0.1, 0.15) is 17.8 Å². The standard InChI is InChI=1S/C28H40N3O7P/c1-17(2)15-25(27(33)29-19(5)23-11-9-22(10-12-23)18(3)4)31-28(34)26(30-20(6)32)16-21-7-13-24(14-8-21)38-39(35,36)37/h7-14,17-19,25-26H,15-16H2,1-6H3,(H,29,33)(H,30,32)(H,31,34)(H2,35,36,37)/t19-,25-,26-/m0/s1. The summed E-state index contributed by atoms with van der Waals surface area (Å²) >= 11 is 0. The van der Waals surface area contributed by atoms with E-state index in [1.807, 2.05) is 45.0 Å². The number of carbonyl (C=O) groups excluding carboxylic acids is 3. The molecular formula is C28H40N3O7P. The maximum atomic E-state index is 13.3. The van der Waals surface area contributed by atoms with Crippen molar-refractivity contribution in [3.8, 4) is 5.75 Å². The van der Waals surface area contributed by atoms with E-state index in [2.05, 4.69) is 34.3 Å². The molecule has 0 aliphatic rings. The molecule has 11 heteroatoms. The summed E-state index contributed by atoms with van der Waals surface area (Å²) in [6, 6.07) is 11.8. The van der Waals surface area contributed by atoms with Crippen molar-refractivity contribution in [2.24, 2.45) is 5.92 Å². The third-order valence-corrected chi connectivity index (χ3v) is 6.53. The molecule has 0 radical (unpaired) electrons. The second-order valence-electron chi connectivity index (χ2n) is 10.4. The van der Waals surface area contributed by atoms with E-state index in [-0.39, 0.29) is 30.0 Å². The van der Waals surface area contributed by atoms with Gasteiger partial charge in [0.2, 0.25) is 17.7 Å². The molecule has 0 fully saturated rings. The molecule has 0 saturated carbocycles.